The van der Waals surface area contributed by atoms with Crippen LogP contribution in [0.15, 0.2) is 28.0 Å². The summed E-state index contributed by atoms with van der Waals surface area (Å²) >= 11 is 0. The molecule has 16 heavy (non-hydrogen) atoms. The normalized spacial score (nSPS) is 11.9. The molecule has 0 spiro atoms. The molecule has 90 valence electrons. The van der Waals surface area contributed by atoms with Crippen LogP contribution in [0.2, 0.25) is 0 Å². The summed E-state index contributed by atoms with van der Waals surface area (Å²) in [4.78, 5) is 6.35. The topological polar surface area (TPSA) is 66.8 Å². The Morgan fingerprint density at radius 3 is 2.88 bits per heavy atom. The Morgan fingerprint density at radius 2 is 2.38 bits per heavy atom. The number of aliphatic imine (C=N–C) groups is 1. The molecule has 1 rings (SSSR count). The molecule has 0 saturated carbocycles. The number of guanidine groups is 1. The summed E-state index contributed by atoms with van der Waals surface area (Å²) in [6, 6.07) is 1.92. The summed E-state index contributed by atoms with van der Waals surface area (Å²) in [6.45, 7) is 5.72. The van der Waals surface area contributed by atoms with Gasteiger partial charge in [0, 0.05) is 25.7 Å². The highest BCUT2D eigenvalue weighted by Crippen LogP contribution is 2.04. The molecular weight excluding hydrogens is 204 g/mol. The lowest BCUT2D eigenvalue weighted by Crippen LogP contribution is -2.42. The zero-order chi connectivity index (χ0) is 12.0. The molecule has 0 aliphatic rings. The maximum Gasteiger partial charge on any atom is 0.208 e. The molecule has 1 aromatic rings. The van der Waals surface area contributed by atoms with E-state index in [1.807, 2.05) is 18.0 Å². The third kappa shape index (κ3) is 3.94. The molecule has 1 heterocycles. The predicted octanol–water partition coefficient (Wildman–Crippen LogP) is 1.19. The van der Waals surface area contributed by atoms with Crippen LogP contribution in [0.1, 0.15) is 19.4 Å². The van der Waals surface area contributed by atoms with E-state index < -0.39 is 0 Å². The van der Waals surface area contributed by atoms with E-state index in [1.165, 1.54) is 0 Å². The number of nitrogens with zero attached hydrogens (tertiary/aromatic N) is 2. The standard InChI is InChI=1S/C11H20N4O/c1-9(2)6-13-11(14-12)15(3)7-10-4-5-16-8-10/h4-5,8-9H,6-7,12H2,1-3H3,(H,13,14). The maximum absolute atomic E-state index is 5.44. The minimum Gasteiger partial charge on any atom is -0.472 e. The van der Waals surface area contributed by atoms with Crippen molar-refractivity contribution in [2.75, 3.05) is 13.6 Å². The highest BCUT2D eigenvalue weighted by atomic mass is 16.3. The van der Waals surface area contributed by atoms with Crippen LogP contribution in [0.3, 0.4) is 0 Å². The molecule has 1 aromatic heterocycles. The number of furan rings is 1. The summed E-state index contributed by atoms with van der Waals surface area (Å²) in [5.41, 5.74) is 3.71. The fourth-order valence-corrected chi connectivity index (χ4v) is 1.28. The van der Waals surface area contributed by atoms with Crippen LogP contribution < -0.4 is 11.3 Å². The van der Waals surface area contributed by atoms with Gasteiger partial charge in [-0.15, -0.1) is 0 Å². The van der Waals surface area contributed by atoms with Crippen molar-refractivity contribution in [3.8, 4) is 0 Å². The van der Waals surface area contributed by atoms with Crippen molar-refractivity contribution in [3.63, 3.8) is 0 Å². The van der Waals surface area contributed by atoms with Gasteiger partial charge in [0.1, 0.15) is 0 Å². The van der Waals surface area contributed by atoms with Gasteiger partial charge >= 0.3 is 0 Å². The molecule has 3 N–H and O–H groups in total. The largest absolute Gasteiger partial charge is 0.472 e. The van der Waals surface area contributed by atoms with Crippen LogP contribution in [0.4, 0.5) is 0 Å². The molecule has 0 fully saturated rings. The van der Waals surface area contributed by atoms with E-state index in [1.54, 1.807) is 12.5 Å². The molecule has 0 atom stereocenters. The van der Waals surface area contributed by atoms with Crippen molar-refractivity contribution < 1.29 is 4.42 Å². The Kier molecular flexibility index (Phi) is 4.85. The fourth-order valence-electron chi connectivity index (χ4n) is 1.28. The van der Waals surface area contributed by atoms with Gasteiger partial charge in [-0.1, -0.05) is 13.8 Å². The monoisotopic (exact) mass is 224 g/mol. The molecule has 5 nitrogen and oxygen atoms in total. The second-order valence-corrected chi connectivity index (χ2v) is 4.19. The highest BCUT2D eigenvalue weighted by Gasteiger charge is 2.06. The zero-order valence-corrected chi connectivity index (χ0v) is 10.1. The molecule has 0 unspecified atom stereocenters. The number of nitrogens with one attached hydrogen (secondary N) is 1. The van der Waals surface area contributed by atoms with Crippen molar-refractivity contribution in [3.05, 3.63) is 24.2 Å². The minimum atomic E-state index is 0.519. The van der Waals surface area contributed by atoms with Crippen molar-refractivity contribution in [1.29, 1.82) is 0 Å². The van der Waals surface area contributed by atoms with Crippen LogP contribution in [-0.4, -0.2) is 24.5 Å². The molecule has 0 saturated heterocycles. The third-order valence-corrected chi connectivity index (χ3v) is 2.10. The summed E-state index contributed by atoms with van der Waals surface area (Å²) < 4.78 is 5.01. The second-order valence-electron chi connectivity index (χ2n) is 4.19. The van der Waals surface area contributed by atoms with Gasteiger partial charge in [-0.25, -0.2) is 5.84 Å². The minimum absolute atomic E-state index is 0.519. The van der Waals surface area contributed by atoms with Gasteiger partial charge in [-0.2, -0.15) is 0 Å². The van der Waals surface area contributed by atoms with Gasteiger partial charge in [0.15, 0.2) is 0 Å². The number of hydrogen-bond acceptors (Lipinski definition) is 3. The maximum atomic E-state index is 5.44. The smallest absolute Gasteiger partial charge is 0.208 e. The predicted molar refractivity (Wildman–Crippen MR) is 64.6 cm³/mol. The van der Waals surface area contributed by atoms with E-state index in [-0.39, 0.29) is 0 Å². The van der Waals surface area contributed by atoms with Crippen LogP contribution in [-0.2, 0) is 6.54 Å². The summed E-state index contributed by atoms with van der Waals surface area (Å²) in [5, 5.41) is 0. The number of hydrazine groups is 1. The first kappa shape index (κ1) is 12.6. The van der Waals surface area contributed by atoms with Crippen molar-refractivity contribution in [1.82, 2.24) is 10.3 Å². The SMILES string of the molecule is CC(C)CN=C(NN)N(C)Cc1ccoc1. The molecule has 0 amide bonds. The molecule has 0 radical (unpaired) electrons. The number of hydrogen-bond donors (Lipinski definition) is 2. The Hall–Kier alpha value is -1.49. The molecule has 0 bridgehead atoms. The third-order valence-electron chi connectivity index (χ3n) is 2.10. The van der Waals surface area contributed by atoms with E-state index in [9.17, 15) is 0 Å². The fraction of sp³-hybridized carbons (Fsp3) is 0.545. The average molecular weight is 224 g/mol. The van der Waals surface area contributed by atoms with E-state index in [0.29, 0.717) is 11.9 Å². The lowest BCUT2D eigenvalue weighted by Gasteiger charge is -2.20. The summed E-state index contributed by atoms with van der Waals surface area (Å²) in [5.74, 6) is 6.65. The van der Waals surface area contributed by atoms with E-state index in [4.69, 9.17) is 10.3 Å². The Balaban J connectivity index is 2.55. The number of nitrogens with two attached hydrogens (primary N) is 1. The van der Waals surface area contributed by atoms with Crippen LogP contribution in [0.25, 0.3) is 0 Å². The van der Waals surface area contributed by atoms with Crippen molar-refractivity contribution in [2.24, 2.45) is 16.8 Å². The van der Waals surface area contributed by atoms with Crippen molar-refractivity contribution in [2.45, 2.75) is 20.4 Å². The summed E-state index contributed by atoms with van der Waals surface area (Å²) in [6.07, 6.45) is 3.37. The highest BCUT2D eigenvalue weighted by molar-refractivity contribution is 5.79. The Morgan fingerprint density at radius 1 is 1.62 bits per heavy atom. The van der Waals surface area contributed by atoms with Crippen LogP contribution in [0.5, 0.6) is 0 Å². The second kappa shape index (κ2) is 6.17. The molecule has 0 aliphatic heterocycles. The van der Waals surface area contributed by atoms with Gasteiger partial charge in [-0.05, 0) is 12.0 Å². The quantitative estimate of drug-likeness (QED) is 0.349. The first-order valence-electron chi connectivity index (χ1n) is 5.36. The molecular formula is C11H20N4O. The molecule has 0 aliphatic carbocycles. The van der Waals surface area contributed by atoms with Crippen LogP contribution >= 0.6 is 0 Å². The molecule has 5 heteroatoms. The van der Waals surface area contributed by atoms with Gasteiger partial charge in [0.05, 0.1) is 12.5 Å². The number of rotatable bonds is 4. The summed E-state index contributed by atoms with van der Waals surface area (Å²) in [7, 11) is 1.94. The van der Waals surface area contributed by atoms with Gasteiger partial charge < -0.3 is 9.32 Å². The van der Waals surface area contributed by atoms with Crippen molar-refractivity contribution >= 4 is 5.96 Å². The molecule has 0 aromatic carbocycles. The average Bonchev–Trinajstić information content (AvgIpc) is 2.71. The van der Waals surface area contributed by atoms with E-state index >= 15 is 0 Å². The van der Waals surface area contributed by atoms with Gasteiger partial charge in [0.25, 0.3) is 0 Å². The first-order chi connectivity index (χ1) is 7.63. The van der Waals surface area contributed by atoms with E-state index in [2.05, 4.69) is 24.3 Å². The van der Waals surface area contributed by atoms with Crippen LogP contribution in [0, 0.1) is 5.92 Å². The zero-order valence-electron chi connectivity index (χ0n) is 10.1. The first-order valence-corrected chi connectivity index (χ1v) is 5.36. The lowest BCUT2D eigenvalue weighted by molar-refractivity contribution is 0.468. The van der Waals surface area contributed by atoms with Gasteiger partial charge in [0.2, 0.25) is 5.96 Å². The lowest BCUT2D eigenvalue weighted by atomic mass is 10.2. The Labute approximate surface area is 96.3 Å². The van der Waals surface area contributed by atoms with Gasteiger partial charge in [-0.3, -0.25) is 10.4 Å². The van der Waals surface area contributed by atoms with E-state index in [0.717, 1.165) is 18.7 Å². The Bertz CT molecular complexity index is 319.